The summed E-state index contributed by atoms with van der Waals surface area (Å²) >= 11 is 0. The monoisotopic (exact) mass is 440 g/mol. The summed E-state index contributed by atoms with van der Waals surface area (Å²) in [6.45, 7) is 4.13. The number of H-pyrrole nitrogens is 1. The fourth-order valence-corrected chi connectivity index (χ4v) is 4.82. The Bertz CT molecular complexity index is 1210. The van der Waals surface area contributed by atoms with Crippen LogP contribution in [0.2, 0.25) is 0 Å². The molecule has 2 aromatic carbocycles. The van der Waals surface area contributed by atoms with Gasteiger partial charge in [0.05, 0.1) is 5.69 Å². The summed E-state index contributed by atoms with van der Waals surface area (Å²) in [6.07, 6.45) is 4.64. The smallest absolute Gasteiger partial charge is 0.325 e. The Morgan fingerprint density at radius 2 is 1.64 bits per heavy atom. The van der Waals surface area contributed by atoms with E-state index in [1.807, 2.05) is 67.0 Å². The summed E-state index contributed by atoms with van der Waals surface area (Å²) in [4.78, 5) is 24.8. The number of piperazine rings is 1. The van der Waals surface area contributed by atoms with Crippen LogP contribution in [0, 0.1) is 0 Å². The number of hydrogen-bond donors (Lipinski definition) is 2. The fraction of sp³-hybridized carbons (Fsp3) is 0.259. The molecule has 1 aliphatic rings. The molecule has 1 atom stereocenters. The van der Waals surface area contributed by atoms with Crippen molar-refractivity contribution in [2.75, 3.05) is 32.7 Å². The molecular formula is C27H28N4O2. The van der Waals surface area contributed by atoms with Crippen LogP contribution in [0.25, 0.3) is 22.2 Å². The number of carbonyl (C=O) groups is 1. The van der Waals surface area contributed by atoms with Gasteiger partial charge >= 0.3 is 5.97 Å². The predicted octanol–water partition coefficient (Wildman–Crippen LogP) is 4.22. The first-order valence-electron chi connectivity index (χ1n) is 11.4. The zero-order chi connectivity index (χ0) is 22.6. The van der Waals surface area contributed by atoms with E-state index in [9.17, 15) is 9.90 Å². The lowest BCUT2D eigenvalue weighted by molar-refractivity contribution is -0.144. The molecule has 33 heavy (non-hydrogen) atoms. The largest absolute Gasteiger partial charge is 0.480 e. The van der Waals surface area contributed by atoms with Crippen molar-refractivity contribution in [3.05, 3.63) is 90.3 Å². The van der Waals surface area contributed by atoms with Crippen LogP contribution in [-0.2, 0) is 11.2 Å². The highest BCUT2D eigenvalue weighted by molar-refractivity contribution is 5.95. The highest BCUT2D eigenvalue weighted by Gasteiger charge is 2.34. The second-order valence-electron chi connectivity index (χ2n) is 8.55. The topological polar surface area (TPSA) is 72.5 Å². The van der Waals surface area contributed by atoms with Crippen LogP contribution in [0.3, 0.4) is 0 Å². The zero-order valence-corrected chi connectivity index (χ0v) is 18.5. The van der Waals surface area contributed by atoms with Gasteiger partial charge in [0, 0.05) is 61.6 Å². The maximum absolute atomic E-state index is 12.6. The van der Waals surface area contributed by atoms with Gasteiger partial charge < -0.3 is 15.0 Å². The Labute approximate surface area is 193 Å². The Kier molecular flexibility index (Phi) is 6.19. The van der Waals surface area contributed by atoms with Crippen LogP contribution < -0.4 is 0 Å². The minimum absolute atomic E-state index is 0.696. The van der Waals surface area contributed by atoms with E-state index in [1.165, 1.54) is 5.56 Å². The number of aromatic amines is 1. The summed E-state index contributed by atoms with van der Waals surface area (Å²) < 4.78 is 0. The summed E-state index contributed by atoms with van der Waals surface area (Å²) in [5, 5.41) is 11.3. The Balaban J connectivity index is 1.39. The number of hydrogen-bond acceptors (Lipinski definition) is 4. The molecule has 3 heterocycles. The maximum atomic E-state index is 12.6. The van der Waals surface area contributed by atoms with E-state index in [2.05, 4.69) is 31.9 Å². The predicted molar refractivity (Wildman–Crippen MR) is 130 cm³/mol. The molecule has 1 fully saturated rings. The minimum atomic E-state index is -0.804. The summed E-state index contributed by atoms with van der Waals surface area (Å²) in [5.41, 5.74) is 5.00. The number of carboxylic acids is 1. The quantitative estimate of drug-likeness (QED) is 0.450. The zero-order valence-electron chi connectivity index (χ0n) is 18.5. The first kappa shape index (κ1) is 21.4. The molecule has 1 saturated heterocycles. The van der Waals surface area contributed by atoms with Gasteiger partial charge in [0.2, 0.25) is 0 Å². The number of aromatic nitrogens is 2. The third-order valence-electron chi connectivity index (χ3n) is 6.55. The summed E-state index contributed by atoms with van der Waals surface area (Å²) in [6, 6.07) is 21.4. The third-order valence-corrected chi connectivity index (χ3v) is 6.55. The SMILES string of the molecule is O=C(O)[C@@H](c1c(-c2ccccc2)[nH]c2ccccc12)N1CCN(CCc2ccncc2)CC1. The van der Waals surface area contributed by atoms with Gasteiger partial charge in [-0.25, -0.2) is 0 Å². The Hall–Kier alpha value is -3.48. The van der Waals surface area contributed by atoms with Gasteiger partial charge in [0.15, 0.2) is 0 Å². The van der Waals surface area contributed by atoms with Gasteiger partial charge in [-0.2, -0.15) is 0 Å². The van der Waals surface area contributed by atoms with E-state index in [0.717, 1.165) is 66.9 Å². The molecule has 0 spiro atoms. The molecule has 0 unspecified atom stereocenters. The lowest BCUT2D eigenvalue weighted by Crippen LogP contribution is -2.49. The third kappa shape index (κ3) is 4.53. The van der Waals surface area contributed by atoms with Gasteiger partial charge in [-0.05, 0) is 35.7 Å². The van der Waals surface area contributed by atoms with E-state index in [1.54, 1.807) is 0 Å². The summed E-state index contributed by atoms with van der Waals surface area (Å²) in [5.74, 6) is -0.804. The number of pyridine rings is 1. The molecule has 0 amide bonds. The van der Waals surface area contributed by atoms with Crippen molar-refractivity contribution in [1.82, 2.24) is 19.8 Å². The first-order chi connectivity index (χ1) is 16.2. The number of nitrogens with zero attached hydrogens (tertiary/aromatic N) is 3. The Morgan fingerprint density at radius 1 is 0.939 bits per heavy atom. The van der Waals surface area contributed by atoms with E-state index in [-0.39, 0.29) is 0 Å². The van der Waals surface area contributed by atoms with Crippen LogP contribution in [0.15, 0.2) is 79.1 Å². The molecule has 1 aliphatic heterocycles. The molecule has 5 rings (SSSR count). The van der Waals surface area contributed by atoms with Crippen molar-refractivity contribution in [1.29, 1.82) is 0 Å². The average Bonchev–Trinajstić information content (AvgIpc) is 3.24. The first-order valence-corrected chi connectivity index (χ1v) is 11.4. The molecule has 2 aromatic heterocycles. The maximum Gasteiger partial charge on any atom is 0.325 e. The van der Waals surface area contributed by atoms with Gasteiger partial charge in [-0.1, -0.05) is 48.5 Å². The van der Waals surface area contributed by atoms with E-state index in [0.29, 0.717) is 0 Å². The van der Waals surface area contributed by atoms with E-state index < -0.39 is 12.0 Å². The van der Waals surface area contributed by atoms with Crippen LogP contribution in [0.5, 0.6) is 0 Å². The van der Waals surface area contributed by atoms with Crippen molar-refractivity contribution in [2.24, 2.45) is 0 Å². The lowest BCUT2D eigenvalue weighted by atomic mass is 9.97. The molecule has 0 aliphatic carbocycles. The molecule has 0 bridgehead atoms. The molecular weight excluding hydrogens is 412 g/mol. The number of nitrogens with one attached hydrogen (secondary N) is 1. The number of fused-ring (bicyclic) bond motifs is 1. The highest BCUT2D eigenvalue weighted by Crippen LogP contribution is 2.37. The molecule has 0 radical (unpaired) electrons. The fourth-order valence-electron chi connectivity index (χ4n) is 4.82. The second-order valence-corrected chi connectivity index (χ2v) is 8.55. The van der Waals surface area contributed by atoms with Gasteiger partial charge in [0.1, 0.15) is 6.04 Å². The van der Waals surface area contributed by atoms with Gasteiger partial charge in [-0.3, -0.25) is 14.7 Å². The van der Waals surface area contributed by atoms with Crippen LogP contribution in [0.1, 0.15) is 17.2 Å². The summed E-state index contributed by atoms with van der Waals surface area (Å²) in [7, 11) is 0. The van der Waals surface area contributed by atoms with Gasteiger partial charge in [0.25, 0.3) is 0 Å². The number of aliphatic carboxylic acids is 1. The molecule has 2 N–H and O–H groups in total. The molecule has 168 valence electrons. The molecule has 6 heteroatoms. The standard InChI is InChI=1S/C27H28N4O2/c32-27(33)26(31-18-16-30(17-19-31)15-12-20-10-13-28-14-11-20)24-22-8-4-5-9-23(22)29-25(24)21-6-2-1-3-7-21/h1-11,13-14,26,29H,12,15-19H2,(H,32,33)/t26-/m1/s1. The number of rotatable bonds is 7. The van der Waals surface area contributed by atoms with Crippen molar-refractivity contribution in [3.63, 3.8) is 0 Å². The molecule has 0 saturated carbocycles. The van der Waals surface area contributed by atoms with Gasteiger partial charge in [-0.15, -0.1) is 0 Å². The lowest BCUT2D eigenvalue weighted by Gasteiger charge is -2.38. The van der Waals surface area contributed by atoms with Crippen LogP contribution >= 0.6 is 0 Å². The molecule has 6 nitrogen and oxygen atoms in total. The second kappa shape index (κ2) is 9.57. The molecule has 4 aromatic rings. The van der Waals surface area contributed by atoms with E-state index in [4.69, 9.17) is 0 Å². The average molecular weight is 441 g/mol. The van der Waals surface area contributed by atoms with Crippen molar-refractivity contribution in [3.8, 4) is 11.3 Å². The van der Waals surface area contributed by atoms with Crippen molar-refractivity contribution in [2.45, 2.75) is 12.5 Å². The van der Waals surface area contributed by atoms with Crippen molar-refractivity contribution >= 4 is 16.9 Å². The number of carboxylic acid groups (broad SMARTS) is 1. The minimum Gasteiger partial charge on any atom is -0.480 e. The highest BCUT2D eigenvalue weighted by atomic mass is 16.4. The number of benzene rings is 2. The van der Waals surface area contributed by atoms with Crippen molar-refractivity contribution < 1.29 is 9.90 Å². The Morgan fingerprint density at radius 3 is 2.36 bits per heavy atom. The normalized spacial score (nSPS) is 16.1. The van der Waals surface area contributed by atoms with Crippen LogP contribution in [0.4, 0.5) is 0 Å². The number of para-hydroxylation sites is 1. The van der Waals surface area contributed by atoms with E-state index >= 15 is 0 Å². The van der Waals surface area contributed by atoms with Crippen LogP contribution in [-0.4, -0.2) is 63.6 Å².